The van der Waals surface area contributed by atoms with Crippen molar-refractivity contribution in [3.05, 3.63) is 78.4 Å². The fourth-order valence-electron chi connectivity index (χ4n) is 2.46. The van der Waals surface area contributed by atoms with E-state index in [9.17, 15) is 0 Å². The van der Waals surface area contributed by atoms with Gasteiger partial charge in [0, 0.05) is 18.7 Å². The number of hydrogen-bond acceptors (Lipinski definition) is 2. The molecule has 1 unspecified atom stereocenters. The number of benzene rings is 2. The fourth-order valence-corrected chi connectivity index (χ4v) is 2.46. The zero-order chi connectivity index (χ0) is 13.6. The van der Waals surface area contributed by atoms with E-state index < -0.39 is 0 Å². The second kappa shape index (κ2) is 6.40. The van der Waals surface area contributed by atoms with Crippen molar-refractivity contribution in [1.29, 1.82) is 0 Å². The van der Waals surface area contributed by atoms with E-state index in [0.717, 1.165) is 13.0 Å². The molecule has 2 aromatic rings. The first-order valence-electron chi connectivity index (χ1n) is 7.06. The highest BCUT2D eigenvalue weighted by atomic mass is 16.5. The zero-order valence-corrected chi connectivity index (χ0v) is 11.5. The lowest BCUT2D eigenvalue weighted by Gasteiger charge is -2.34. The molecule has 0 radical (unpaired) electrons. The molecule has 2 nitrogen and oxygen atoms in total. The molecule has 0 saturated carbocycles. The fraction of sp³-hybridized carbons (Fsp3) is 0.222. The van der Waals surface area contributed by atoms with Crippen molar-refractivity contribution < 1.29 is 4.74 Å². The minimum atomic E-state index is 0.114. The summed E-state index contributed by atoms with van der Waals surface area (Å²) in [6, 6.07) is 20.8. The molecule has 3 rings (SSSR count). The maximum absolute atomic E-state index is 6.11. The molecule has 0 bridgehead atoms. The Kier molecular flexibility index (Phi) is 4.14. The molecule has 0 saturated heterocycles. The van der Waals surface area contributed by atoms with Crippen molar-refractivity contribution in [2.24, 2.45) is 0 Å². The highest BCUT2D eigenvalue weighted by Gasteiger charge is 2.20. The van der Waals surface area contributed by atoms with Gasteiger partial charge in [-0.1, -0.05) is 60.7 Å². The lowest BCUT2D eigenvalue weighted by Crippen LogP contribution is -2.39. The first-order chi connectivity index (χ1) is 9.93. The maximum atomic E-state index is 6.11. The maximum Gasteiger partial charge on any atom is 0.134 e. The van der Waals surface area contributed by atoms with Crippen LogP contribution < -0.4 is 4.90 Å². The van der Waals surface area contributed by atoms with E-state index in [1.165, 1.54) is 11.3 Å². The monoisotopic (exact) mass is 265 g/mol. The molecule has 20 heavy (non-hydrogen) atoms. The van der Waals surface area contributed by atoms with Gasteiger partial charge in [-0.05, 0) is 17.7 Å². The third-order valence-electron chi connectivity index (χ3n) is 3.53. The van der Waals surface area contributed by atoms with Crippen molar-refractivity contribution in [1.82, 2.24) is 0 Å². The van der Waals surface area contributed by atoms with Crippen molar-refractivity contribution in [3.63, 3.8) is 0 Å². The van der Waals surface area contributed by atoms with Crippen LogP contribution in [0.4, 0.5) is 5.69 Å². The van der Waals surface area contributed by atoms with E-state index in [1.807, 2.05) is 12.1 Å². The average molecular weight is 265 g/mol. The number of ether oxygens (including phenoxy) is 1. The molecule has 1 aliphatic rings. The van der Waals surface area contributed by atoms with Crippen molar-refractivity contribution in [3.8, 4) is 0 Å². The summed E-state index contributed by atoms with van der Waals surface area (Å²) in [5, 5.41) is 0. The number of anilines is 1. The van der Waals surface area contributed by atoms with Crippen LogP contribution in [-0.2, 0) is 11.3 Å². The van der Waals surface area contributed by atoms with Crippen LogP contribution in [0.25, 0.3) is 0 Å². The molecular formula is C18H19NO. The predicted octanol–water partition coefficient (Wildman–Crippen LogP) is 4.00. The lowest BCUT2D eigenvalue weighted by atomic mass is 10.2. The van der Waals surface area contributed by atoms with Crippen LogP contribution >= 0.6 is 0 Å². The highest BCUT2D eigenvalue weighted by molar-refractivity contribution is 5.48. The summed E-state index contributed by atoms with van der Waals surface area (Å²) in [7, 11) is 0. The smallest absolute Gasteiger partial charge is 0.134 e. The molecule has 1 heterocycles. The Hall–Kier alpha value is -2.06. The molecule has 2 aromatic carbocycles. The molecule has 0 aromatic heterocycles. The van der Waals surface area contributed by atoms with Crippen LogP contribution in [0.3, 0.4) is 0 Å². The molecule has 2 heteroatoms. The number of nitrogens with zero attached hydrogens (tertiary/aromatic N) is 1. The summed E-state index contributed by atoms with van der Waals surface area (Å²) in [5.41, 5.74) is 2.44. The van der Waals surface area contributed by atoms with Crippen LogP contribution in [0.5, 0.6) is 0 Å². The zero-order valence-electron chi connectivity index (χ0n) is 11.5. The molecular weight excluding hydrogens is 246 g/mol. The summed E-state index contributed by atoms with van der Waals surface area (Å²) >= 11 is 0. The lowest BCUT2D eigenvalue weighted by molar-refractivity contribution is 0.0394. The van der Waals surface area contributed by atoms with E-state index in [1.54, 1.807) is 0 Å². The van der Waals surface area contributed by atoms with E-state index >= 15 is 0 Å². The number of para-hydroxylation sites is 1. The van der Waals surface area contributed by atoms with Gasteiger partial charge in [0.2, 0.25) is 0 Å². The highest BCUT2D eigenvalue weighted by Crippen LogP contribution is 2.22. The summed E-state index contributed by atoms with van der Waals surface area (Å²) in [6.45, 7) is 1.56. The quantitative estimate of drug-likeness (QED) is 0.775. The number of hydrogen-bond donors (Lipinski definition) is 0. The van der Waals surface area contributed by atoms with E-state index in [4.69, 9.17) is 4.74 Å². The molecule has 0 spiro atoms. The molecule has 1 aliphatic heterocycles. The van der Waals surface area contributed by atoms with Gasteiger partial charge in [-0.2, -0.15) is 0 Å². The van der Waals surface area contributed by atoms with Crippen LogP contribution in [-0.4, -0.2) is 12.8 Å². The summed E-state index contributed by atoms with van der Waals surface area (Å²) in [4.78, 5) is 2.31. The second-order valence-corrected chi connectivity index (χ2v) is 4.95. The Labute approximate surface area is 120 Å². The summed E-state index contributed by atoms with van der Waals surface area (Å²) < 4.78 is 6.11. The minimum Gasteiger partial charge on any atom is -0.353 e. The van der Waals surface area contributed by atoms with E-state index in [-0.39, 0.29) is 6.23 Å². The molecule has 0 fully saturated rings. The predicted molar refractivity (Wildman–Crippen MR) is 82.6 cm³/mol. The van der Waals surface area contributed by atoms with Gasteiger partial charge in [0.25, 0.3) is 0 Å². The largest absolute Gasteiger partial charge is 0.353 e. The average Bonchev–Trinajstić information content (AvgIpc) is 2.55. The molecule has 0 amide bonds. The van der Waals surface area contributed by atoms with Crippen LogP contribution in [0.2, 0.25) is 0 Å². The summed E-state index contributed by atoms with van der Waals surface area (Å²) in [6.07, 6.45) is 5.45. The van der Waals surface area contributed by atoms with Gasteiger partial charge in [-0.15, -0.1) is 0 Å². The third-order valence-corrected chi connectivity index (χ3v) is 3.53. The Morgan fingerprint density at radius 2 is 1.60 bits per heavy atom. The van der Waals surface area contributed by atoms with Crippen molar-refractivity contribution >= 4 is 5.69 Å². The Bertz CT molecular complexity index is 550. The van der Waals surface area contributed by atoms with Crippen LogP contribution in [0, 0.1) is 0 Å². The Morgan fingerprint density at radius 3 is 2.35 bits per heavy atom. The van der Waals surface area contributed by atoms with Gasteiger partial charge in [0.05, 0.1) is 6.61 Å². The minimum absolute atomic E-state index is 0.114. The van der Waals surface area contributed by atoms with Gasteiger partial charge < -0.3 is 9.64 Å². The SMILES string of the molecule is C1=CCN(c2ccccc2)C(OCc2ccccc2)C1. The topological polar surface area (TPSA) is 12.5 Å². The molecule has 1 atom stereocenters. The van der Waals surface area contributed by atoms with Crippen molar-refractivity contribution in [2.45, 2.75) is 19.3 Å². The standard InChI is InChI=1S/C18H19NO/c1-3-9-16(10-4-1)15-20-18-13-7-8-14-19(18)17-11-5-2-6-12-17/h1-12,18H,13-15H2. The third kappa shape index (κ3) is 3.09. The van der Waals surface area contributed by atoms with Crippen LogP contribution in [0.15, 0.2) is 72.8 Å². The van der Waals surface area contributed by atoms with Gasteiger partial charge in [-0.25, -0.2) is 0 Å². The van der Waals surface area contributed by atoms with Gasteiger partial charge >= 0.3 is 0 Å². The van der Waals surface area contributed by atoms with Gasteiger partial charge in [0.15, 0.2) is 0 Å². The first-order valence-corrected chi connectivity index (χ1v) is 7.06. The molecule has 0 aliphatic carbocycles. The van der Waals surface area contributed by atoms with E-state index in [2.05, 4.69) is 65.6 Å². The van der Waals surface area contributed by atoms with Gasteiger partial charge in [-0.3, -0.25) is 0 Å². The Morgan fingerprint density at radius 1 is 0.900 bits per heavy atom. The normalized spacial score (nSPS) is 18.2. The number of rotatable bonds is 4. The van der Waals surface area contributed by atoms with E-state index in [0.29, 0.717) is 6.61 Å². The first kappa shape index (κ1) is 12.9. The van der Waals surface area contributed by atoms with Crippen LogP contribution in [0.1, 0.15) is 12.0 Å². The Balaban J connectivity index is 1.69. The van der Waals surface area contributed by atoms with Crippen molar-refractivity contribution in [2.75, 3.05) is 11.4 Å². The second-order valence-electron chi connectivity index (χ2n) is 4.95. The summed E-state index contributed by atoms with van der Waals surface area (Å²) in [5.74, 6) is 0. The van der Waals surface area contributed by atoms with Gasteiger partial charge in [0.1, 0.15) is 6.23 Å². The molecule has 102 valence electrons. The molecule has 0 N–H and O–H groups in total.